The summed E-state index contributed by atoms with van der Waals surface area (Å²) >= 11 is 0. The Morgan fingerprint density at radius 1 is 0.938 bits per heavy atom. The van der Waals surface area contributed by atoms with Gasteiger partial charge in [0, 0.05) is 34.8 Å². The smallest absolute Gasteiger partial charge is 0.255 e. The Morgan fingerprint density at radius 3 is 2.62 bits per heavy atom. The van der Waals surface area contributed by atoms with E-state index in [4.69, 9.17) is 4.74 Å². The quantitative estimate of drug-likeness (QED) is 0.382. The standard InChI is InChI=1S/C26H20N4O2/c31-26(20-6-3-7-22(15-20)32-17-18-5-4-14-27-16-18)28-21-12-10-19(11-13-21)25-29-23-8-1-2-9-24(23)30-25/h1-16H,17H2,(H,28,31)(H,29,30). The van der Waals surface area contributed by atoms with Crippen LogP contribution in [0, 0.1) is 0 Å². The van der Waals surface area contributed by atoms with E-state index in [0.29, 0.717) is 23.6 Å². The van der Waals surface area contributed by atoms with E-state index in [1.807, 2.05) is 66.7 Å². The molecule has 0 saturated carbocycles. The lowest BCUT2D eigenvalue weighted by atomic mass is 10.1. The molecule has 32 heavy (non-hydrogen) atoms. The van der Waals surface area contributed by atoms with Gasteiger partial charge in [-0.05, 0) is 60.7 Å². The number of fused-ring (bicyclic) bond motifs is 1. The lowest BCUT2D eigenvalue weighted by Crippen LogP contribution is -2.12. The summed E-state index contributed by atoms with van der Waals surface area (Å²) in [6.45, 7) is 0.391. The molecule has 0 aliphatic rings. The number of ether oxygens (including phenoxy) is 1. The minimum atomic E-state index is -0.201. The van der Waals surface area contributed by atoms with Gasteiger partial charge in [0.15, 0.2) is 0 Å². The van der Waals surface area contributed by atoms with Crippen molar-refractivity contribution in [1.29, 1.82) is 0 Å². The molecule has 1 amide bonds. The molecule has 5 rings (SSSR count). The topological polar surface area (TPSA) is 79.9 Å². The second-order valence-corrected chi connectivity index (χ2v) is 7.31. The van der Waals surface area contributed by atoms with E-state index >= 15 is 0 Å². The highest BCUT2D eigenvalue weighted by Crippen LogP contribution is 2.23. The molecule has 0 spiro atoms. The van der Waals surface area contributed by atoms with E-state index in [9.17, 15) is 4.79 Å². The zero-order valence-electron chi connectivity index (χ0n) is 17.2. The Morgan fingerprint density at radius 2 is 1.81 bits per heavy atom. The maximum atomic E-state index is 12.7. The lowest BCUT2D eigenvalue weighted by Gasteiger charge is -2.09. The van der Waals surface area contributed by atoms with Crippen molar-refractivity contribution < 1.29 is 9.53 Å². The predicted molar refractivity (Wildman–Crippen MR) is 124 cm³/mol. The van der Waals surface area contributed by atoms with Gasteiger partial charge in [-0.3, -0.25) is 9.78 Å². The number of hydrogen-bond acceptors (Lipinski definition) is 4. The molecule has 2 N–H and O–H groups in total. The molecule has 3 aromatic carbocycles. The summed E-state index contributed by atoms with van der Waals surface area (Å²) in [6, 6.07) is 26.4. The normalized spacial score (nSPS) is 10.8. The number of amides is 1. The van der Waals surface area contributed by atoms with Gasteiger partial charge in [-0.15, -0.1) is 0 Å². The van der Waals surface area contributed by atoms with Gasteiger partial charge in [-0.25, -0.2) is 4.98 Å². The van der Waals surface area contributed by atoms with Gasteiger partial charge in [-0.1, -0.05) is 24.3 Å². The Balaban J connectivity index is 1.25. The monoisotopic (exact) mass is 420 g/mol. The number of nitrogens with zero attached hydrogens (tertiary/aromatic N) is 2. The fraction of sp³-hybridized carbons (Fsp3) is 0.0385. The predicted octanol–water partition coefficient (Wildman–Crippen LogP) is 5.46. The molecule has 0 saturated heterocycles. The first kappa shape index (κ1) is 19.5. The van der Waals surface area contributed by atoms with Gasteiger partial charge < -0.3 is 15.0 Å². The van der Waals surface area contributed by atoms with Gasteiger partial charge in [0.2, 0.25) is 0 Å². The second-order valence-electron chi connectivity index (χ2n) is 7.31. The Hall–Kier alpha value is -4.45. The molecule has 0 aliphatic heterocycles. The van der Waals surface area contributed by atoms with Crippen LogP contribution >= 0.6 is 0 Å². The third kappa shape index (κ3) is 4.34. The first-order valence-electron chi connectivity index (χ1n) is 10.2. The van der Waals surface area contributed by atoms with Crippen molar-refractivity contribution in [3.8, 4) is 17.1 Å². The molecule has 0 unspecified atom stereocenters. The number of imidazole rings is 1. The molecule has 6 nitrogen and oxygen atoms in total. The number of carbonyl (C=O) groups excluding carboxylic acids is 1. The summed E-state index contributed by atoms with van der Waals surface area (Å²) < 4.78 is 5.79. The zero-order chi connectivity index (χ0) is 21.8. The number of H-pyrrole nitrogens is 1. The van der Waals surface area contributed by atoms with Crippen LogP contribution in [0.3, 0.4) is 0 Å². The minimum Gasteiger partial charge on any atom is -0.489 e. The van der Waals surface area contributed by atoms with Crippen molar-refractivity contribution in [1.82, 2.24) is 15.0 Å². The van der Waals surface area contributed by atoms with Crippen molar-refractivity contribution >= 4 is 22.6 Å². The van der Waals surface area contributed by atoms with Gasteiger partial charge >= 0.3 is 0 Å². The van der Waals surface area contributed by atoms with Crippen molar-refractivity contribution in [2.75, 3.05) is 5.32 Å². The lowest BCUT2D eigenvalue weighted by molar-refractivity contribution is 0.102. The minimum absolute atomic E-state index is 0.201. The highest BCUT2D eigenvalue weighted by Gasteiger charge is 2.09. The summed E-state index contributed by atoms with van der Waals surface area (Å²) in [7, 11) is 0. The van der Waals surface area contributed by atoms with Gasteiger partial charge in [-0.2, -0.15) is 0 Å². The van der Waals surface area contributed by atoms with E-state index in [0.717, 1.165) is 28.0 Å². The molecule has 2 aromatic heterocycles. The van der Waals surface area contributed by atoms with Gasteiger partial charge in [0.25, 0.3) is 5.91 Å². The number of rotatable bonds is 6. The molecule has 156 valence electrons. The zero-order valence-corrected chi connectivity index (χ0v) is 17.2. The van der Waals surface area contributed by atoms with Crippen LogP contribution in [0.2, 0.25) is 0 Å². The van der Waals surface area contributed by atoms with Crippen molar-refractivity contribution in [3.63, 3.8) is 0 Å². The van der Waals surface area contributed by atoms with Crippen LogP contribution in [0.5, 0.6) is 5.75 Å². The van der Waals surface area contributed by atoms with Gasteiger partial charge in [0.1, 0.15) is 18.2 Å². The average Bonchev–Trinajstić information content (AvgIpc) is 3.28. The van der Waals surface area contributed by atoms with E-state index in [-0.39, 0.29) is 5.91 Å². The number of anilines is 1. The number of hydrogen-bond donors (Lipinski definition) is 2. The summed E-state index contributed by atoms with van der Waals surface area (Å²) in [5, 5.41) is 2.93. The number of benzene rings is 3. The largest absolute Gasteiger partial charge is 0.489 e. The molecule has 6 heteroatoms. The number of nitrogens with one attached hydrogen (secondary N) is 2. The first-order valence-corrected chi connectivity index (χ1v) is 10.2. The van der Waals surface area contributed by atoms with E-state index in [2.05, 4.69) is 20.3 Å². The summed E-state index contributed by atoms with van der Waals surface area (Å²) in [5.41, 5.74) is 5.06. The van der Waals surface area contributed by atoms with Crippen LogP contribution in [0.4, 0.5) is 5.69 Å². The molecule has 5 aromatic rings. The van der Waals surface area contributed by atoms with E-state index in [1.165, 1.54) is 0 Å². The fourth-order valence-electron chi connectivity index (χ4n) is 3.38. The van der Waals surface area contributed by atoms with Crippen LogP contribution in [0.1, 0.15) is 15.9 Å². The van der Waals surface area contributed by atoms with Crippen LogP contribution in [-0.2, 0) is 6.61 Å². The number of aromatic amines is 1. The average molecular weight is 420 g/mol. The maximum Gasteiger partial charge on any atom is 0.255 e. The van der Waals surface area contributed by atoms with Crippen molar-refractivity contribution in [3.05, 3.63) is 108 Å². The molecule has 0 atom stereocenters. The first-order chi connectivity index (χ1) is 15.7. The summed E-state index contributed by atoms with van der Waals surface area (Å²) in [4.78, 5) is 24.7. The molecule has 0 radical (unpaired) electrons. The van der Waals surface area contributed by atoms with Crippen LogP contribution in [-0.4, -0.2) is 20.9 Å². The molecule has 0 bridgehead atoms. The van der Waals surface area contributed by atoms with Crippen molar-refractivity contribution in [2.45, 2.75) is 6.61 Å². The molecule has 2 heterocycles. The number of carbonyl (C=O) groups is 1. The Bertz CT molecular complexity index is 1330. The SMILES string of the molecule is O=C(Nc1ccc(-c2nc3ccccc3[nH]2)cc1)c1cccc(OCc2cccnc2)c1. The third-order valence-corrected chi connectivity index (χ3v) is 5.03. The number of pyridine rings is 1. The van der Waals surface area contributed by atoms with Crippen LogP contribution in [0.25, 0.3) is 22.4 Å². The highest BCUT2D eigenvalue weighted by molar-refractivity contribution is 6.04. The van der Waals surface area contributed by atoms with Crippen molar-refractivity contribution in [2.24, 2.45) is 0 Å². The van der Waals surface area contributed by atoms with Gasteiger partial charge in [0.05, 0.1) is 11.0 Å². The summed E-state index contributed by atoms with van der Waals surface area (Å²) in [6.07, 6.45) is 3.48. The molecular weight excluding hydrogens is 400 g/mol. The Labute approximate surface area is 184 Å². The molecule has 0 aliphatic carbocycles. The van der Waals surface area contributed by atoms with E-state index in [1.54, 1.807) is 30.6 Å². The highest BCUT2D eigenvalue weighted by atomic mass is 16.5. The maximum absolute atomic E-state index is 12.7. The number of para-hydroxylation sites is 2. The third-order valence-electron chi connectivity index (χ3n) is 5.03. The van der Waals surface area contributed by atoms with Crippen LogP contribution in [0.15, 0.2) is 97.3 Å². The fourth-order valence-corrected chi connectivity index (χ4v) is 3.38. The molecule has 0 fully saturated rings. The molecular formula is C26H20N4O2. The second kappa shape index (κ2) is 8.73. The summed E-state index contributed by atoms with van der Waals surface area (Å²) in [5.74, 6) is 1.22. The number of aromatic nitrogens is 3. The van der Waals surface area contributed by atoms with E-state index < -0.39 is 0 Å². The Kier molecular flexibility index (Phi) is 5.32. The van der Waals surface area contributed by atoms with Crippen LogP contribution < -0.4 is 10.1 Å².